The van der Waals surface area contributed by atoms with Crippen LogP contribution in [0.15, 0.2) is 53.7 Å². The summed E-state index contributed by atoms with van der Waals surface area (Å²) in [6.07, 6.45) is 6.89. The SMILES string of the molecule is COC(=O)N[C@@H](C)C(=O)N1CCCC1c1ncc(-c2ccc3c(c2)COc2cc4c5c(ccc4cc2-3)N=C([C@@H]2C[C@@H]3CCC[C@@H]3N2C(=O)[C@@H](NC(=O)OC)C(C)C)C5)[nH]1. The van der Waals surface area contributed by atoms with E-state index >= 15 is 0 Å². The van der Waals surface area contributed by atoms with Crippen molar-refractivity contribution in [3.05, 3.63) is 65.6 Å². The number of fused-ring (bicyclic) bond motifs is 7. The number of amides is 4. The summed E-state index contributed by atoms with van der Waals surface area (Å²) in [5.74, 6) is 1.63. The largest absolute Gasteiger partial charge is 0.488 e. The van der Waals surface area contributed by atoms with E-state index in [0.29, 0.717) is 31.3 Å². The van der Waals surface area contributed by atoms with Crippen molar-refractivity contribution in [2.45, 2.75) is 103 Å². The van der Waals surface area contributed by atoms with Gasteiger partial charge in [0.25, 0.3) is 0 Å². The van der Waals surface area contributed by atoms with Gasteiger partial charge in [-0.2, -0.15) is 0 Å². The van der Waals surface area contributed by atoms with E-state index < -0.39 is 24.3 Å². The minimum atomic E-state index is -0.716. The molecule has 2 saturated heterocycles. The van der Waals surface area contributed by atoms with Crippen molar-refractivity contribution in [2.75, 3.05) is 20.8 Å². The van der Waals surface area contributed by atoms with Gasteiger partial charge in [0.05, 0.1) is 43.9 Å². The summed E-state index contributed by atoms with van der Waals surface area (Å²) in [4.78, 5) is 68.7. The summed E-state index contributed by atoms with van der Waals surface area (Å²) in [6.45, 7) is 6.56. The van der Waals surface area contributed by atoms with Crippen molar-refractivity contribution < 1.29 is 33.4 Å². The van der Waals surface area contributed by atoms with Crippen LogP contribution < -0.4 is 15.4 Å². The molecule has 3 fully saturated rings. The monoisotopic (exact) mass is 801 g/mol. The molecule has 5 aliphatic rings. The van der Waals surface area contributed by atoms with E-state index in [1.165, 1.54) is 14.2 Å². The lowest BCUT2D eigenvalue weighted by Crippen LogP contribution is -2.56. The second-order valence-electron chi connectivity index (χ2n) is 16.9. The molecular weight excluding hydrogens is 751 g/mol. The number of aromatic amines is 1. The first-order chi connectivity index (χ1) is 28.5. The molecule has 3 N–H and O–H groups in total. The number of imidazole rings is 1. The fourth-order valence-corrected chi connectivity index (χ4v) is 10.2. The Hall–Kier alpha value is -5.92. The lowest BCUT2D eigenvalue weighted by atomic mass is 9.90. The number of likely N-dealkylation sites (tertiary alicyclic amines) is 2. The second kappa shape index (κ2) is 15.4. The Kier molecular flexibility index (Phi) is 10.0. The second-order valence-corrected chi connectivity index (χ2v) is 16.9. The number of methoxy groups -OCH3 is 2. The Balaban J connectivity index is 0.944. The Morgan fingerprint density at radius 2 is 1.71 bits per heavy atom. The minimum absolute atomic E-state index is 0.0565. The smallest absolute Gasteiger partial charge is 0.407 e. The van der Waals surface area contributed by atoms with Crippen LogP contribution >= 0.6 is 0 Å². The number of rotatable bonds is 8. The number of nitrogens with zero attached hydrogens (tertiary/aromatic N) is 4. The summed E-state index contributed by atoms with van der Waals surface area (Å²) in [5, 5.41) is 7.59. The highest BCUT2D eigenvalue weighted by Crippen LogP contribution is 2.47. The van der Waals surface area contributed by atoms with E-state index in [1.807, 2.05) is 20.0 Å². The van der Waals surface area contributed by atoms with E-state index in [1.54, 1.807) is 11.8 Å². The van der Waals surface area contributed by atoms with Crippen LogP contribution in [0.25, 0.3) is 33.2 Å². The van der Waals surface area contributed by atoms with Gasteiger partial charge in [0.2, 0.25) is 11.8 Å². The maximum atomic E-state index is 14.3. The van der Waals surface area contributed by atoms with Crippen LogP contribution in [-0.2, 0) is 32.1 Å². The van der Waals surface area contributed by atoms with Gasteiger partial charge >= 0.3 is 12.2 Å². The standard InChI is InChI=1S/C45H51N7O7/c1-23(2)40(50-45(56)58-5)43(54)52-36-9-6-8-27(36)18-38(52)34-19-31-30-20-39-32(17-25(30)12-14-33(31)48-34)29-13-11-26(16-28(29)22-59-39)35-21-46-41(49-35)37-10-7-15-51(37)42(53)24(3)47-44(55)57-4/h11-14,16-17,20-21,23-24,27,36-38,40H,6-10,15,18-19,22H2,1-5H3,(H,46,49)(H,47,55)(H,50,56)/t24-,27-,36-,37?,38-,40-/m0/s1. The Labute approximate surface area is 343 Å². The molecule has 4 aliphatic heterocycles. The third kappa shape index (κ3) is 6.85. The zero-order valence-electron chi connectivity index (χ0n) is 34.2. The molecule has 0 bridgehead atoms. The number of hydrogen-bond donors (Lipinski definition) is 3. The first kappa shape index (κ1) is 38.6. The molecule has 308 valence electrons. The van der Waals surface area contributed by atoms with Crippen LogP contribution in [0.5, 0.6) is 5.75 Å². The van der Waals surface area contributed by atoms with Gasteiger partial charge in [-0.25, -0.2) is 14.6 Å². The molecular formula is C45H51N7O7. The van der Waals surface area contributed by atoms with Crippen molar-refractivity contribution in [2.24, 2.45) is 16.8 Å². The molecule has 1 saturated carbocycles. The average Bonchev–Trinajstić information content (AvgIpc) is 4.09. The number of carbonyl (C=O) groups excluding carboxylic acids is 4. The number of ether oxygens (including phenoxy) is 3. The fourth-order valence-electron chi connectivity index (χ4n) is 10.2. The molecule has 6 atom stereocenters. The number of H-pyrrole nitrogens is 1. The maximum absolute atomic E-state index is 14.3. The predicted molar refractivity (Wildman–Crippen MR) is 221 cm³/mol. The summed E-state index contributed by atoms with van der Waals surface area (Å²) in [6, 6.07) is 13.4. The summed E-state index contributed by atoms with van der Waals surface area (Å²) in [7, 11) is 2.60. The number of carbonyl (C=O) groups is 4. The average molecular weight is 802 g/mol. The number of benzene rings is 3. The van der Waals surface area contributed by atoms with Gasteiger partial charge in [-0.15, -0.1) is 0 Å². The number of aromatic nitrogens is 2. The van der Waals surface area contributed by atoms with Gasteiger partial charge in [0, 0.05) is 30.3 Å². The molecule has 14 nitrogen and oxygen atoms in total. The van der Waals surface area contributed by atoms with Crippen molar-refractivity contribution >= 4 is 46.2 Å². The zero-order chi connectivity index (χ0) is 41.1. The van der Waals surface area contributed by atoms with Crippen LogP contribution in [-0.4, -0.2) is 94.4 Å². The lowest BCUT2D eigenvalue weighted by molar-refractivity contribution is -0.136. The van der Waals surface area contributed by atoms with Crippen LogP contribution in [0, 0.1) is 11.8 Å². The molecule has 5 heterocycles. The van der Waals surface area contributed by atoms with Gasteiger partial charge in [-0.3, -0.25) is 14.6 Å². The Bertz CT molecular complexity index is 2390. The molecule has 1 aliphatic carbocycles. The zero-order valence-corrected chi connectivity index (χ0v) is 34.2. The minimum Gasteiger partial charge on any atom is -0.488 e. The summed E-state index contributed by atoms with van der Waals surface area (Å²) in [5.41, 5.74) is 8.12. The molecule has 3 aromatic carbocycles. The van der Waals surface area contributed by atoms with Crippen molar-refractivity contribution in [1.82, 2.24) is 30.4 Å². The third-order valence-electron chi connectivity index (χ3n) is 13.1. The van der Waals surface area contributed by atoms with Crippen LogP contribution in [0.3, 0.4) is 0 Å². The molecule has 0 spiro atoms. The van der Waals surface area contributed by atoms with E-state index in [0.717, 1.165) is 100.0 Å². The number of hydrogen-bond acceptors (Lipinski definition) is 9. The van der Waals surface area contributed by atoms with Gasteiger partial charge in [0.1, 0.15) is 30.3 Å². The summed E-state index contributed by atoms with van der Waals surface area (Å²) < 4.78 is 16.0. The van der Waals surface area contributed by atoms with E-state index in [9.17, 15) is 19.2 Å². The Morgan fingerprint density at radius 1 is 0.898 bits per heavy atom. The number of aliphatic imine (C=N–C) groups is 1. The summed E-state index contributed by atoms with van der Waals surface area (Å²) >= 11 is 0. The highest BCUT2D eigenvalue weighted by molar-refractivity contribution is 6.07. The van der Waals surface area contributed by atoms with E-state index in [-0.39, 0.29) is 35.9 Å². The quantitative estimate of drug-likeness (QED) is 0.172. The number of nitrogens with one attached hydrogen (secondary N) is 3. The first-order valence-corrected chi connectivity index (χ1v) is 20.8. The van der Waals surface area contributed by atoms with Crippen molar-refractivity contribution in [3.8, 4) is 28.1 Å². The number of alkyl carbamates (subject to hydrolysis) is 2. The normalized spacial score (nSPS) is 22.5. The molecule has 1 unspecified atom stereocenters. The van der Waals surface area contributed by atoms with Crippen LogP contribution in [0.2, 0.25) is 0 Å². The van der Waals surface area contributed by atoms with Gasteiger partial charge in [-0.05, 0) is 108 Å². The first-order valence-electron chi connectivity index (χ1n) is 20.8. The van der Waals surface area contributed by atoms with Crippen LogP contribution in [0.4, 0.5) is 15.3 Å². The van der Waals surface area contributed by atoms with Gasteiger partial charge in [-0.1, -0.05) is 38.5 Å². The Morgan fingerprint density at radius 3 is 2.51 bits per heavy atom. The lowest BCUT2D eigenvalue weighted by Gasteiger charge is -2.34. The molecule has 14 heteroatoms. The molecule has 4 amide bonds. The van der Waals surface area contributed by atoms with Crippen LogP contribution in [0.1, 0.15) is 82.3 Å². The molecule has 9 rings (SSSR count). The highest BCUT2D eigenvalue weighted by atomic mass is 16.5. The highest BCUT2D eigenvalue weighted by Gasteiger charge is 2.50. The molecule has 4 aromatic rings. The van der Waals surface area contributed by atoms with Crippen molar-refractivity contribution in [1.29, 1.82) is 0 Å². The maximum Gasteiger partial charge on any atom is 0.407 e. The molecule has 59 heavy (non-hydrogen) atoms. The molecule has 1 aromatic heterocycles. The van der Waals surface area contributed by atoms with E-state index in [4.69, 9.17) is 19.5 Å². The van der Waals surface area contributed by atoms with Crippen molar-refractivity contribution in [3.63, 3.8) is 0 Å². The van der Waals surface area contributed by atoms with Gasteiger partial charge < -0.3 is 39.6 Å². The van der Waals surface area contributed by atoms with Gasteiger partial charge in [0.15, 0.2) is 0 Å². The third-order valence-corrected chi connectivity index (χ3v) is 13.1. The fraction of sp³-hybridized carbons (Fsp3) is 0.467. The molecule has 0 radical (unpaired) electrons. The van der Waals surface area contributed by atoms with E-state index in [2.05, 4.69) is 67.7 Å². The predicted octanol–water partition coefficient (Wildman–Crippen LogP) is 6.98. The topological polar surface area (TPSA) is 168 Å².